The van der Waals surface area contributed by atoms with E-state index in [0.29, 0.717) is 5.01 Å². The third-order valence-corrected chi connectivity index (χ3v) is 3.09. The molecule has 0 aliphatic carbocycles. The fourth-order valence-corrected chi connectivity index (χ4v) is 2.09. The average Bonchev–Trinajstić information content (AvgIpc) is 2.79. The number of nitrogens with zero attached hydrogens (tertiary/aromatic N) is 2. The Morgan fingerprint density at radius 1 is 1.35 bits per heavy atom. The Morgan fingerprint density at radius 2 is 2.10 bits per heavy atom. The van der Waals surface area contributed by atoms with Crippen LogP contribution in [0.15, 0.2) is 12.1 Å². The zero-order chi connectivity index (χ0) is 14.7. The summed E-state index contributed by atoms with van der Waals surface area (Å²) >= 11 is 1.31. The number of aromatic nitrogens is 2. The first-order valence-corrected chi connectivity index (χ1v) is 6.46. The molecule has 0 unspecified atom stereocenters. The van der Waals surface area contributed by atoms with Gasteiger partial charge >= 0.3 is 0 Å². The molecular weight excluding hydrogens is 288 g/mol. The number of anilines is 1. The van der Waals surface area contributed by atoms with Gasteiger partial charge in [-0.15, -0.1) is 10.2 Å². The summed E-state index contributed by atoms with van der Waals surface area (Å²) in [4.78, 5) is 10.8. The fourth-order valence-electron chi connectivity index (χ4n) is 1.46. The highest BCUT2D eigenvalue weighted by Gasteiger charge is 2.15. The van der Waals surface area contributed by atoms with Gasteiger partial charge in [-0.25, -0.2) is 4.39 Å². The van der Waals surface area contributed by atoms with Crippen molar-refractivity contribution in [2.75, 3.05) is 5.32 Å². The lowest BCUT2D eigenvalue weighted by atomic mass is 10.2. The van der Waals surface area contributed by atoms with E-state index in [1.165, 1.54) is 30.4 Å². The van der Waals surface area contributed by atoms with Gasteiger partial charge in [0.25, 0.3) is 0 Å². The van der Waals surface area contributed by atoms with Crippen LogP contribution in [0.1, 0.15) is 16.9 Å². The third kappa shape index (κ3) is 3.27. The molecule has 1 aromatic heterocycles. The number of aryl methyl sites for hydroxylation is 1. The summed E-state index contributed by atoms with van der Waals surface area (Å²) in [6.07, 6.45) is 0. The molecule has 0 bridgehead atoms. The Kier molecular flexibility index (Phi) is 4.23. The summed E-state index contributed by atoms with van der Waals surface area (Å²) in [7, 11) is 0. The number of halogens is 2. The molecule has 0 saturated heterocycles. The van der Waals surface area contributed by atoms with Crippen molar-refractivity contribution in [3.8, 4) is 5.75 Å². The number of nitrogens with one attached hydrogen (secondary N) is 1. The third-order valence-electron chi connectivity index (χ3n) is 2.28. The minimum Gasteiger partial charge on any atom is -0.483 e. The molecule has 0 atom stereocenters. The fraction of sp³-hybridized carbons (Fsp3) is 0.250. The van der Waals surface area contributed by atoms with Crippen LogP contribution in [0.2, 0.25) is 0 Å². The maximum atomic E-state index is 13.7. The maximum absolute atomic E-state index is 13.7. The second-order valence-electron chi connectivity index (χ2n) is 3.92. The van der Waals surface area contributed by atoms with Crippen LogP contribution in [0.4, 0.5) is 14.5 Å². The van der Waals surface area contributed by atoms with E-state index in [-0.39, 0.29) is 18.0 Å². The summed E-state index contributed by atoms with van der Waals surface area (Å²) < 4.78 is 32.6. The second-order valence-corrected chi connectivity index (χ2v) is 5.19. The highest BCUT2D eigenvalue weighted by Crippen LogP contribution is 2.26. The van der Waals surface area contributed by atoms with Crippen molar-refractivity contribution in [2.45, 2.75) is 20.5 Å². The van der Waals surface area contributed by atoms with E-state index in [9.17, 15) is 13.6 Å². The predicted octanol–water partition coefficient (Wildman–Crippen LogP) is 2.66. The molecule has 0 fully saturated rings. The van der Waals surface area contributed by atoms with Crippen LogP contribution in [-0.2, 0) is 11.4 Å². The highest BCUT2D eigenvalue weighted by atomic mass is 32.1. The van der Waals surface area contributed by atoms with E-state index in [1.807, 2.05) is 0 Å². The second kappa shape index (κ2) is 5.91. The Hall–Kier alpha value is -2.09. The summed E-state index contributed by atoms with van der Waals surface area (Å²) in [5.41, 5.74) is -0.228. The van der Waals surface area contributed by atoms with Crippen LogP contribution in [0.3, 0.4) is 0 Å². The first kappa shape index (κ1) is 14.3. The quantitative estimate of drug-likeness (QED) is 0.942. The Labute approximate surface area is 117 Å². The van der Waals surface area contributed by atoms with Crippen LogP contribution in [0.5, 0.6) is 5.75 Å². The predicted molar refractivity (Wildman–Crippen MR) is 69.6 cm³/mol. The molecule has 1 amide bonds. The highest BCUT2D eigenvalue weighted by molar-refractivity contribution is 7.11. The van der Waals surface area contributed by atoms with Crippen molar-refractivity contribution in [3.05, 3.63) is 33.8 Å². The molecule has 2 aromatic rings. The van der Waals surface area contributed by atoms with Crippen molar-refractivity contribution in [1.82, 2.24) is 10.2 Å². The number of carbonyl (C=O) groups is 1. The number of amides is 1. The lowest BCUT2D eigenvalue weighted by molar-refractivity contribution is -0.114. The van der Waals surface area contributed by atoms with Gasteiger partial charge in [0, 0.05) is 6.92 Å². The molecule has 106 valence electrons. The molecule has 0 radical (unpaired) electrons. The summed E-state index contributed by atoms with van der Waals surface area (Å²) in [5, 5.41) is 11.1. The van der Waals surface area contributed by atoms with Crippen molar-refractivity contribution >= 4 is 22.9 Å². The molecule has 5 nitrogen and oxygen atoms in total. The Morgan fingerprint density at radius 3 is 2.70 bits per heavy atom. The monoisotopic (exact) mass is 299 g/mol. The van der Waals surface area contributed by atoms with Crippen molar-refractivity contribution in [2.24, 2.45) is 0 Å². The van der Waals surface area contributed by atoms with Crippen molar-refractivity contribution in [1.29, 1.82) is 0 Å². The molecule has 0 saturated carbocycles. The van der Waals surface area contributed by atoms with E-state index in [2.05, 4.69) is 15.5 Å². The molecule has 2 rings (SSSR count). The van der Waals surface area contributed by atoms with Gasteiger partial charge in [0.2, 0.25) is 11.7 Å². The number of carbonyl (C=O) groups excluding carboxylic acids is 1. The maximum Gasteiger partial charge on any atom is 0.221 e. The molecule has 0 aliphatic heterocycles. The summed E-state index contributed by atoms with van der Waals surface area (Å²) in [5.74, 6) is -3.05. The normalized spacial score (nSPS) is 10.4. The summed E-state index contributed by atoms with van der Waals surface area (Å²) in [6, 6.07) is 2.48. The smallest absolute Gasteiger partial charge is 0.221 e. The number of benzene rings is 1. The zero-order valence-electron chi connectivity index (χ0n) is 10.7. The average molecular weight is 299 g/mol. The first-order chi connectivity index (χ1) is 9.47. The van der Waals surface area contributed by atoms with E-state index in [1.54, 1.807) is 6.92 Å². The summed E-state index contributed by atoms with van der Waals surface area (Å²) in [6.45, 7) is 2.99. The Bertz CT molecular complexity index is 646. The van der Waals surface area contributed by atoms with E-state index in [0.717, 1.165) is 5.01 Å². The van der Waals surface area contributed by atoms with Gasteiger partial charge in [0.1, 0.15) is 11.6 Å². The molecule has 1 heterocycles. The van der Waals surface area contributed by atoms with Gasteiger partial charge in [-0.3, -0.25) is 4.79 Å². The number of hydrogen-bond donors (Lipinski definition) is 1. The molecule has 1 N–H and O–H groups in total. The lowest BCUT2D eigenvalue weighted by Crippen LogP contribution is -2.09. The van der Waals surface area contributed by atoms with Gasteiger partial charge in [-0.05, 0) is 19.1 Å². The minimum absolute atomic E-state index is 0.00134. The van der Waals surface area contributed by atoms with Crippen LogP contribution < -0.4 is 10.1 Å². The number of hydrogen-bond acceptors (Lipinski definition) is 5. The Balaban J connectivity index is 2.12. The van der Waals surface area contributed by atoms with Crippen LogP contribution in [-0.4, -0.2) is 16.1 Å². The molecule has 20 heavy (non-hydrogen) atoms. The molecule has 0 spiro atoms. The standard InChI is InChI=1S/C12H11F2N3O2S/c1-6(18)15-8-3-4-9(12(14)11(8)13)19-5-10-17-16-7(2)20-10/h3-4H,5H2,1-2H3,(H,15,18). The molecular formula is C12H11F2N3O2S. The molecule has 0 aliphatic rings. The number of rotatable bonds is 4. The largest absolute Gasteiger partial charge is 0.483 e. The van der Waals surface area contributed by atoms with Gasteiger partial charge in [-0.1, -0.05) is 11.3 Å². The lowest BCUT2D eigenvalue weighted by Gasteiger charge is -2.09. The SMILES string of the molecule is CC(=O)Nc1ccc(OCc2nnc(C)s2)c(F)c1F. The number of ether oxygens (including phenoxy) is 1. The van der Waals surface area contributed by atoms with Crippen LogP contribution in [0, 0.1) is 18.6 Å². The van der Waals surface area contributed by atoms with Gasteiger partial charge in [0.15, 0.2) is 16.6 Å². The van der Waals surface area contributed by atoms with Gasteiger partial charge in [0.05, 0.1) is 5.69 Å². The molecule has 1 aromatic carbocycles. The molecule has 8 heteroatoms. The van der Waals surface area contributed by atoms with Crippen molar-refractivity contribution in [3.63, 3.8) is 0 Å². The van der Waals surface area contributed by atoms with Gasteiger partial charge < -0.3 is 10.1 Å². The minimum atomic E-state index is -1.16. The topological polar surface area (TPSA) is 64.1 Å². The van der Waals surface area contributed by atoms with E-state index >= 15 is 0 Å². The van der Waals surface area contributed by atoms with Crippen molar-refractivity contribution < 1.29 is 18.3 Å². The zero-order valence-corrected chi connectivity index (χ0v) is 11.6. The van der Waals surface area contributed by atoms with Crippen LogP contribution in [0.25, 0.3) is 0 Å². The first-order valence-electron chi connectivity index (χ1n) is 5.64. The van der Waals surface area contributed by atoms with E-state index in [4.69, 9.17) is 4.74 Å². The van der Waals surface area contributed by atoms with Crippen LogP contribution >= 0.6 is 11.3 Å². The van der Waals surface area contributed by atoms with E-state index < -0.39 is 17.5 Å². The van der Waals surface area contributed by atoms with Gasteiger partial charge in [-0.2, -0.15) is 4.39 Å².